The average molecular weight is 336 g/mol. The van der Waals surface area contributed by atoms with Crippen LogP contribution in [0.25, 0.3) is 5.65 Å². The number of anilines is 1. The van der Waals surface area contributed by atoms with E-state index in [0.717, 1.165) is 16.9 Å². The number of fused-ring (bicyclic) bond motifs is 1. The average Bonchev–Trinajstić information content (AvgIpc) is 3.31. The number of ether oxygens (including phenoxy) is 1. The molecule has 4 aromatic rings. The van der Waals surface area contributed by atoms with Crippen molar-refractivity contribution in [1.29, 1.82) is 0 Å². The minimum atomic E-state index is 0.464. The maximum Gasteiger partial charge on any atom is 0.200 e. The molecule has 1 aromatic carbocycles. The van der Waals surface area contributed by atoms with Gasteiger partial charge in [0, 0.05) is 6.54 Å². The highest BCUT2D eigenvalue weighted by Crippen LogP contribution is 2.11. The van der Waals surface area contributed by atoms with E-state index in [4.69, 9.17) is 9.15 Å². The molecule has 0 aliphatic heterocycles. The normalized spacial score (nSPS) is 11.0. The summed E-state index contributed by atoms with van der Waals surface area (Å²) in [7, 11) is 0. The van der Waals surface area contributed by atoms with Crippen LogP contribution in [-0.2, 0) is 24.5 Å². The first kappa shape index (κ1) is 15.3. The standard InChI is InChI=1S/C17H16N6O2/c1-3-13(9-14(4-1)11-24-12-15-5-2-8-25-15)10-18-16-6-7-17-19-21-22-23(17)20-16/h1-9H,10-12H2,(H,18,20). The molecule has 3 heterocycles. The van der Waals surface area contributed by atoms with Crippen molar-refractivity contribution in [3.63, 3.8) is 0 Å². The third-order valence-electron chi connectivity index (χ3n) is 3.63. The summed E-state index contributed by atoms with van der Waals surface area (Å²) in [5.41, 5.74) is 2.86. The van der Waals surface area contributed by atoms with Crippen molar-refractivity contribution in [2.75, 3.05) is 5.32 Å². The predicted octanol–water partition coefficient (Wildman–Crippen LogP) is 2.44. The second kappa shape index (κ2) is 7.10. The monoisotopic (exact) mass is 336 g/mol. The fourth-order valence-electron chi connectivity index (χ4n) is 2.43. The number of benzene rings is 1. The third kappa shape index (κ3) is 3.81. The van der Waals surface area contributed by atoms with E-state index >= 15 is 0 Å². The lowest BCUT2D eigenvalue weighted by Crippen LogP contribution is -2.05. The van der Waals surface area contributed by atoms with E-state index < -0.39 is 0 Å². The Labute approximate surface area is 143 Å². The molecule has 0 aliphatic rings. The molecule has 0 unspecified atom stereocenters. The quantitative estimate of drug-likeness (QED) is 0.554. The molecule has 0 saturated carbocycles. The van der Waals surface area contributed by atoms with Crippen molar-refractivity contribution >= 4 is 11.5 Å². The fourth-order valence-corrected chi connectivity index (χ4v) is 2.43. The largest absolute Gasteiger partial charge is 0.467 e. The summed E-state index contributed by atoms with van der Waals surface area (Å²) >= 11 is 0. The summed E-state index contributed by atoms with van der Waals surface area (Å²) in [6.07, 6.45) is 1.64. The Balaban J connectivity index is 1.34. The lowest BCUT2D eigenvalue weighted by molar-refractivity contribution is 0.0929. The predicted molar refractivity (Wildman–Crippen MR) is 89.5 cm³/mol. The molecule has 0 bridgehead atoms. The van der Waals surface area contributed by atoms with E-state index in [-0.39, 0.29) is 0 Å². The Kier molecular flexibility index (Phi) is 4.34. The molecule has 0 radical (unpaired) electrons. The SMILES string of the molecule is c1cc(CNc2ccc3nnnn3n2)cc(COCc2ccco2)c1. The van der Waals surface area contributed by atoms with Crippen LogP contribution in [-0.4, -0.2) is 25.3 Å². The smallest absolute Gasteiger partial charge is 0.200 e. The van der Waals surface area contributed by atoms with Gasteiger partial charge in [0.1, 0.15) is 18.2 Å². The van der Waals surface area contributed by atoms with Gasteiger partial charge >= 0.3 is 0 Å². The van der Waals surface area contributed by atoms with Crippen LogP contribution >= 0.6 is 0 Å². The van der Waals surface area contributed by atoms with E-state index in [1.54, 1.807) is 6.26 Å². The zero-order valence-electron chi connectivity index (χ0n) is 13.4. The molecule has 8 heteroatoms. The van der Waals surface area contributed by atoms with Crippen molar-refractivity contribution in [2.24, 2.45) is 0 Å². The first-order chi connectivity index (χ1) is 12.4. The highest BCUT2D eigenvalue weighted by atomic mass is 16.5. The molecule has 4 rings (SSSR count). The summed E-state index contributed by atoms with van der Waals surface area (Å²) in [6.45, 7) is 1.64. The maximum atomic E-state index is 5.67. The van der Waals surface area contributed by atoms with Gasteiger partial charge in [0.25, 0.3) is 0 Å². The van der Waals surface area contributed by atoms with Crippen LogP contribution in [0.15, 0.2) is 59.2 Å². The summed E-state index contributed by atoms with van der Waals surface area (Å²) < 4.78 is 12.3. The molecule has 0 saturated heterocycles. The van der Waals surface area contributed by atoms with E-state index in [1.807, 2.05) is 36.4 Å². The highest BCUT2D eigenvalue weighted by Gasteiger charge is 2.02. The lowest BCUT2D eigenvalue weighted by Gasteiger charge is -2.08. The van der Waals surface area contributed by atoms with Gasteiger partial charge in [-0.2, -0.15) is 0 Å². The lowest BCUT2D eigenvalue weighted by atomic mass is 10.1. The van der Waals surface area contributed by atoms with Gasteiger partial charge in [-0.05, 0) is 45.8 Å². The zero-order valence-corrected chi connectivity index (χ0v) is 13.4. The molecule has 0 spiro atoms. The molecule has 1 N–H and O–H groups in total. The van der Waals surface area contributed by atoms with Crippen molar-refractivity contribution in [2.45, 2.75) is 19.8 Å². The van der Waals surface area contributed by atoms with Gasteiger partial charge in [-0.25, -0.2) is 0 Å². The Morgan fingerprint density at radius 1 is 1.04 bits per heavy atom. The van der Waals surface area contributed by atoms with Crippen molar-refractivity contribution < 1.29 is 9.15 Å². The van der Waals surface area contributed by atoms with Gasteiger partial charge < -0.3 is 14.5 Å². The first-order valence-electron chi connectivity index (χ1n) is 7.84. The second-order valence-corrected chi connectivity index (χ2v) is 5.49. The number of nitrogens with one attached hydrogen (secondary N) is 1. The molecule has 25 heavy (non-hydrogen) atoms. The van der Waals surface area contributed by atoms with Crippen LogP contribution in [0, 0.1) is 0 Å². The number of hydrogen-bond donors (Lipinski definition) is 1. The summed E-state index contributed by atoms with van der Waals surface area (Å²) in [5, 5.41) is 18.7. The molecule has 3 aromatic heterocycles. The molecule has 8 nitrogen and oxygen atoms in total. The topological polar surface area (TPSA) is 90.4 Å². The summed E-state index contributed by atoms with van der Waals surface area (Å²) in [5.74, 6) is 1.53. The van der Waals surface area contributed by atoms with Gasteiger partial charge in [0.05, 0.1) is 12.9 Å². The van der Waals surface area contributed by atoms with Gasteiger partial charge in [0.2, 0.25) is 0 Å². The number of furan rings is 1. The second-order valence-electron chi connectivity index (χ2n) is 5.49. The van der Waals surface area contributed by atoms with Crippen LogP contribution in [0.3, 0.4) is 0 Å². The minimum absolute atomic E-state index is 0.464. The number of hydrogen-bond acceptors (Lipinski definition) is 7. The van der Waals surface area contributed by atoms with Crippen LogP contribution in [0.1, 0.15) is 16.9 Å². The van der Waals surface area contributed by atoms with Crippen LogP contribution in [0.5, 0.6) is 0 Å². The third-order valence-corrected chi connectivity index (χ3v) is 3.63. The number of nitrogens with zero attached hydrogens (tertiary/aromatic N) is 5. The van der Waals surface area contributed by atoms with Gasteiger partial charge in [0.15, 0.2) is 5.65 Å². The molecular weight excluding hydrogens is 320 g/mol. The fraction of sp³-hybridized carbons (Fsp3) is 0.176. The van der Waals surface area contributed by atoms with Crippen LogP contribution in [0.4, 0.5) is 5.82 Å². The molecule has 0 fully saturated rings. The van der Waals surface area contributed by atoms with Gasteiger partial charge in [-0.1, -0.05) is 24.3 Å². The molecule has 126 valence electrons. The summed E-state index contributed by atoms with van der Waals surface area (Å²) in [6, 6.07) is 15.6. The van der Waals surface area contributed by atoms with Crippen LogP contribution < -0.4 is 5.32 Å². The Hall–Kier alpha value is -3.26. The zero-order chi connectivity index (χ0) is 16.9. The molecule has 0 amide bonds. The Morgan fingerprint density at radius 2 is 2.00 bits per heavy atom. The van der Waals surface area contributed by atoms with Crippen molar-refractivity contribution in [3.8, 4) is 0 Å². The minimum Gasteiger partial charge on any atom is -0.467 e. The summed E-state index contributed by atoms with van der Waals surface area (Å²) in [4.78, 5) is 0. The molecular formula is C17H16N6O2. The number of tetrazole rings is 1. The first-order valence-corrected chi connectivity index (χ1v) is 7.84. The van der Waals surface area contributed by atoms with E-state index in [9.17, 15) is 0 Å². The Morgan fingerprint density at radius 3 is 2.92 bits per heavy atom. The Bertz CT molecular complexity index is 951. The van der Waals surface area contributed by atoms with Gasteiger partial charge in [-0.15, -0.1) is 14.8 Å². The number of aromatic nitrogens is 5. The highest BCUT2D eigenvalue weighted by molar-refractivity contribution is 5.42. The van der Waals surface area contributed by atoms with Gasteiger partial charge in [-0.3, -0.25) is 0 Å². The maximum absolute atomic E-state index is 5.67. The van der Waals surface area contributed by atoms with E-state index in [0.29, 0.717) is 31.2 Å². The van der Waals surface area contributed by atoms with Crippen molar-refractivity contribution in [1.82, 2.24) is 25.3 Å². The molecule has 0 aliphatic carbocycles. The van der Waals surface area contributed by atoms with Crippen molar-refractivity contribution in [3.05, 3.63) is 71.7 Å². The number of rotatable bonds is 7. The van der Waals surface area contributed by atoms with E-state index in [1.165, 1.54) is 4.63 Å². The molecule has 0 atom stereocenters. The van der Waals surface area contributed by atoms with E-state index in [2.05, 4.69) is 38.1 Å². The van der Waals surface area contributed by atoms with Crippen LogP contribution in [0.2, 0.25) is 0 Å².